The second-order valence-electron chi connectivity index (χ2n) is 7.79. The average Bonchev–Trinajstić information content (AvgIpc) is 2.80. The van der Waals surface area contributed by atoms with Crippen molar-refractivity contribution in [2.75, 3.05) is 18.6 Å². The lowest BCUT2D eigenvalue weighted by Gasteiger charge is -2.22. The molecule has 1 heterocycles. The molecule has 1 unspecified atom stereocenters. The molecule has 0 bridgehead atoms. The Morgan fingerprint density at radius 1 is 1.18 bits per heavy atom. The Hall–Kier alpha value is -2.80. The molecule has 0 saturated carbocycles. The first-order chi connectivity index (χ1) is 15.4. The van der Waals surface area contributed by atoms with E-state index in [4.69, 9.17) is 14.8 Å². The number of aromatic nitrogens is 1. The molecule has 0 radical (unpaired) electrons. The summed E-state index contributed by atoms with van der Waals surface area (Å²) in [5.74, 6) is 0.364. The molecule has 0 spiro atoms. The van der Waals surface area contributed by atoms with Gasteiger partial charge in [0.25, 0.3) is 0 Å². The van der Waals surface area contributed by atoms with E-state index in [-0.39, 0.29) is 30.9 Å². The zero-order valence-corrected chi connectivity index (χ0v) is 20.8. The number of pyridine rings is 1. The van der Waals surface area contributed by atoms with E-state index in [1.54, 1.807) is 13.1 Å². The lowest BCUT2D eigenvalue weighted by Crippen LogP contribution is -2.43. The predicted molar refractivity (Wildman–Crippen MR) is 135 cm³/mol. The fourth-order valence-corrected chi connectivity index (χ4v) is 3.42. The zero-order chi connectivity index (χ0) is 23.5. The van der Waals surface area contributed by atoms with Crippen LogP contribution < -0.4 is 15.0 Å². The smallest absolute Gasteiger partial charge is 0.323 e. The number of aliphatic carboxylic acids is 1. The summed E-state index contributed by atoms with van der Waals surface area (Å²) in [4.78, 5) is 29.9. The Morgan fingerprint density at radius 3 is 2.58 bits per heavy atom. The first kappa shape index (κ1) is 28.2. The molecule has 1 aromatic carbocycles. The lowest BCUT2D eigenvalue weighted by atomic mass is 10.0. The molecular weight excluding hydrogens is 442 g/mol. The number of carbonyl (C=O) groups excluding carboxylic acids is 1. The van der Waals surface area contributed by atoms with Crippen LogP contribution >= 0.6 is 12.4 Å². The fourth-order valence-electron chi connectivity index (χ4n) is 3.42. The number of hydrogen-bond donors (Lipinski definition) is 2. The van der Waals surface area contributed by atoms with Gasteiger partial charge in [-0.1, -0.05) is 38.8 Å². The minimum Gasteiger partial charge on any atom is -0.493 e. The minimum atomic E-state index is -0.831. The van der Waals surface area contributed by atoms with Gasteiger partial charge in [-0.05, 0) is 56.0 Å². The van der Waals surface area contributed by atoms with Crippen LogP contribution in [0.15, 0.2) is 36.4 Å². The van der Waals surface area contributed by atoms with Gasteiger partial charge in [0.2, 0.25) is 0 Å². The molecule has 33 heavy (non-hydrogen) atoms. The van der Waals surface area contributed by atoms with Gasteiger partial charge in [0.15, 0.2) is 0 Å². The molecule has 2 amide bonds. The van der Waals surface area contributed by atoms with E-state index < -0.39 is 5.97 Å². The Bertz CT molecular complexity index is 907. The maximum Gasteiger partial charge on any atom is 0.323 e. The number of urea groups is 1. The van der Waals surface area contributed by atoms with Gasteiger partial charge in [-0.3, -0.25) is 9.69 Å². The Kier molecular flexibility index (Phi) is 12.3. The van der Waals surface area contributed by atoms with Crippen LogP contribution in [0.2, 0.25) is 0 Å². The van der Waals surface area contributed by atoms with Crippen molar-refractivity contribution in [1.29, 1.82) is 0 Å². The maximum absolute atomic E-state index is 12.8. The molecular formula is C25H36ClN3O4. The van der Waals surface area contributed by atoms with Gasteiger partial charge < -0.3 is 15.2 Å². The third-order valence-electron chi connectivity index (χ3n) is 5.36. The fraction of sp³-hybridized carbons (Fsp3) is 0.480. The van der Waals surface area contributed by atoms with Crippen LogP contribution in [0.5, 0.6) is 5.75 Å². The van der Waals surface area contributed by atoms with E-state index in [0.29, 0.717) is 30.3 Å². The van der Waals surface area contributed by atoms with Gasteiger partial charge in [-0.2, -0.15) is 0 Å². The average molecular weight is 478 g/mol. The summed E-state index contributed by atoms with van der Waals surface area (Å²) in [6.07, 6.45) is 4.53. The van der Waals surface area contributed by atoms with Crippen LogP contribution in [0.3, 0.4) is 0 Å². The van der Waals surface area contributed by atoms with Crippen LogP contribution in [0, 0.1) is 0 Å². The number of carbonyl (C=O) groups is 2. The van der Waals surface area contributed by atoms with Crippen molar-refractivity contribution in [1.82, 2.24) is 10.3 Å². The summed E-state index contributed by atoms with van der Waals surface area (Å²) in [5, 5.41) is 12.0. The van der Waals surface area contributed by atoms with E-state index in [9.17, 15) is 9.59 Å². The van der Waals surface area contributed by atoms with Crippen LogP contribution in [0.4, 0.5) is 10.6 Å². The molecule has 2 aromatic rings. The summed E-state index contributed by atoms with van der Waals surface area (Å²) in [5.41, 5.74) is 2.38. The normalized spacial score (nSPS) is 11.3. The van der Waals surface area contributed by atoms with E-state index in [1.807, 2.05) is 37.3 Å². The summed E-state index contributed by atoms with van der Waals surface area (Å²) in [7, 11) is 1.71. The van der Waals surface area contributed by atoms with Crippen LogP contribution in [-0.2, 0) is 11.2 Å². The Balaban J connectivity index is 0.00000544. The molecule has 0 aliphatic heterocycles. The second-order valence-corrected chi connectivity index (χ2v) is 7.79. The van der Waals surface area contributed by atoms with Crippen molar-refractivity contribution in [3.63, 3.8) is 0 Å². The molecule has 0 aliphatic carbocycles. The van der Waals surface area contributed by atoms with E-state index >= 15 is 0 Å². The number of benzene rings is 1. The number of nitrogens with zero attached hydrogens (tertiary/aromatic N) is 2. The van der Waals surface area contributed by atoms with Gasteiger partial charge >= 0.3 is 12.0 Å². The highest BCUT2D eigenvalue weighted by Crippen LogP contribution is 2.31. The summed E-state index contributed by atoms with van der Waals surface area (Å²) in [6.45, 7) is 6.60. The highest BCUT2D eigenvalue weighted by Gasteiger charge is 2.17. The monoisotopic (exact) mass is 477 g/mol. The van der Waals surface area contributed by atoms with Gasteiger partial charge in [0.05, 0.1) is 12.3 Å². The van der Waals surface area contributed by atoms with Crippen molar-refractivity contribution in [2.45, 2.75) is 65.3 Å². The number of rotatable bonds is 12. The standard InChI is InChI=1S/C25H35N3O4.ClH/c1-5-8-10-19(6-2)26-25(31)28(4)23-12-9-11-21(27-23)20-15-13-18(14-16-24(29)30)17-22(20)32-7-3;/h9,11-13,15,17,19H,5-8,10,14,16H2,1-4H3,(H,26,31)(H,29,30);1H. The predicted octanol–water partition coefficient (Wildman–Crippen LogP) is 5.70. The topological polar surface area (TPSA) is 91.8 Å². The zero-order valence-electron chi connectivity index (χ0n) is 20.0. The first-order valence-corrected chi connectivity index (χ1v) is 11.4. The molecule has 182 valence electrons. The maximum atomic E-state index is 12.8. The number of amides is 2. The number of halogens is 1. The summed E-state index contributed by atoms with van der Waals surface area (Å²) in [6, 6.07) is 11.2. The highest BCUT2D eigenvalue weighted by molar-refractivity contribution is 5.91. The summed E-state index contributed by atoms with van der Waals surface area (Å²) >= 11 is 0. The number of carboxylic acid groups (broad SMARTS) is 1. The van der Waals surface area contributed by atoms with Crippen LogP contribution in [-0.4, -0.2) is 41.8 Å². The molecule has 2 rings (SSSR count). The summed E-state index contributed by atoms with van der Waals surface area (Å²) < 4.78 is 5.81. The SMILES string of the molecule is CCCCC(CC)NC(=O)N(C)c1cccc(-c2ccc(CCC(=O)O)cc2OCC)n1.Cl. The molecule has 0 fully saturated rings. The highest BCUT2D eigenvalue weighted by atomic mass is 35.5. The van der Waals surface area contributed by atoms with Gasteiger partial charge in [-0.15, -0.1) is 12.4 Å². The van der Waals surface area contributed by atoms with Gasteiger partial charge in [0.1, 0.15) is 11.6 Å². The molecule has 7 nitrogen and oxygen atoms in total. The minimum absolute atomic E-state index is 0. The van der Waals surface area contributed by atoms with Crippen molar-refractivity contribution >= 4 is 30.2 Å². The molecule has 1 aromatic heterocycles. The molecule has 0 aliphatic rings. The molecule has 1 atom stereocenters. The van der Waals surface area contributed by atoms with Crippen LogP contribution in [0.1, 0.15) is 58.4 Å². The van der Waals surface area contributed by atoms with E-state index in [1.165, 1.54) is 4.90 Å². The second kappa shape index (κ2) is 14.4. The molecule has 0 saturated heterocycles. The Labute approximate surface area is 203 Å². The van der Waals surface area contributed by atoms with Crippen molar-refractivity contribution < 1.29 is 19.4 Å². The molecule has 8 heteroatoms. The number of anilines is 1. The van der Waals surface area contributed by atoms with Crippen LogP contribution in [0.25, 0.3) is 11.3 Å². The number of hydrogen-bond acceptors (Lipinski definition) is 4. The van der Waals surface area contributed by atoms with Gasteiger partial charge in [-0.25, -0.2) is 9.78 Å². The lowest BCUT2D eigenvalue weighted by molar-refractivity contribution is -0.136. The van der Waals surface area contributed by atoms with Crippen molar-refractivity contribution in [3.05, 3.63) is 42.0 Å². The van der Waals surface area contributed by atoms with Crippen molar-refractivity contribution in [3.8, 4) is 17.0 Å². The number of nitrogens with one attached hydrogen (secondary N) is 1. The number of unbranched alkanes of at least 4 members (excludes halogenated alkanes) is 1. The first-order valence-electron chi connectivity index (χ1n) is 11.4. The largest absolute Gasteiger partial charge is 0.493 e. The molecule has 2 N–H and O–H groups in total. The number of ether oxygens (including phenoxy) is 1. The third kappa shape index (κ3) is 8.57. The quantitative estimate of drug-likeness (QED) is 0.409. The van der Waals surface area contributed by atoms with Crippen molar-refractivity contribution in [2.24, 2.45) is 0 Å². The number of carboxylic acids is 1. The Morgan fingerprint density at radius 2 is 1.94 bits per heavy atom. The van der Waals surface area contributed by atoms with E-state index in [0.717, 1.165) is 36.8 Å². The van der Waals surface area contributed by atoms with E-state index in [2.05, 4.69) is 19.2 Å². The van der Waals surface area contributed by atoms with Gasteiger partial charge in [0, 0.05) is 25.1 Å². The number of aryl methyl sites for hydroxylation is 1. The third-order valence-corrected chi connectivity index (χ3v) is 5.36.